The Morgan fingerprint density at radius 2 is 1.48 bits per heavy atom. The number of nitrogens with two attached hydrogens (primary N) is 2. The standard InChI is InChI=1S/C26H25N3/c1-2-3-4-5-9-16-29-25-18-21(28)13-15-23(25)22-14-12-20(27)17-24(22)26(29)19-10-7-6-8-11-19/h1,6-8,10-15,17-18,28H,3-5,9,16,27H2/p+1. The first-order chi connectivity index (χ1) is 14.2. The van der Waals surface area contributed by atoms with Crippen LogP contribution in [0.1, 0.15) is 25.7 Å². The Labute approximate surface area is 172 Å². The predicted octanol–water partition coefficient (Wildman–Crippen LogP) is 5.31. The molecule has 4 aromatic rings. The van der Waals surface area contributed by atoms with Gasteiger partial charge in [-0.1, -0.05) is 24.3 Å². The molecule has 3 nitrogen and oxygen atoms in total. The zero-order valence-corrected chi connectivity index (χ0v) is 16.6. The summed E-state index contributed by atoms with van der Waals surface area (Å²) >= 11 is 0. The van der Waals surface area contributed by atoms with Crippen LogP contribution in [0.2, 0.25) is 0 Å². The van der Waals surface area contributed by atoms with Crippen molar-refractivity contribution < 1.29 is 4.57 Å². The van der Waals surface area contributed by atoms with Crippen LogP contribution in [0, 0.1) is 12.3 Å². The second-order valence-corrected chi connectivity index (χ2v) is 7.46. The number of nitrogens with zero attached hydrogens (tertiary/aromatic N) is 1. The molecule has 0 aliphatic heterocycles. The Morgan fingerprint density at radius 1 is 0.759 bits per heavy atom. The van der Waals surface area contributed by atoms with Gasteiger partial charge in [0.25, 0.3) is 0 Å². The van der Waals surface area contributed by atoms with E-state index in [0.717, 1.165) is 54.5 Å². The molecule has 0 amide bonds. The average Bonchev–Trinajstić information content (AvgIpc) is 2.74. The van der Waals surface area contributed by atoms with E-state index < -0.39 is 0 Å². The van der Waals surface area contributed by atoms with Gasteiger partial charge in [0.2, 0.25) is 11.2 Å². The topological polar surface area (TPSA) is 55.9 Å². The largest absolute Gasteiger partial charge is 0.399 e. The van der Waals surface area contributed by atoms with Gasteiger partial charge in [-0.25, -0.2) is 0 Å². The van der Waals surface area contributed by atoms with Crippen LogP contribution in [-0.4, -0.2) is 0 Å². The van der Waals surface area contributed by atoms with Gasteiger partial charge in [0, 0.05) is 41.2 Å². The fourth-order valence-corrected chi connectivity index (χ4v) is 4.07. The van der Waals surface area contributed by atoms with Crippen molar-refractivity contribution in [2.24, 2.45) is 0 Å². The maximum Gasteiger partial charge on any atom is 0.220 e. The SMILES string of the molecule is C#CCCCCC[n+]1c(-c2ccccc2)c2cc(N)ccc2c2ccc(N)cc21. The number of fused-ring (bicyclic) bond motifs is 3. The van der Waals surface area contributed by atoms with Gasteiger partial charge in [-0.05, 0) is 49.2 Å². The highest BCUT2D eigenvalue weighted by Crippen LogP contribution is 2.33. The highest BCUT2D eigenvalue weighted by atomic mass is 15.0. The summed E-state index contributed by atoms with van der Waals surface area (Å²) in [5, 5.41) is 3.55. The number of aromatic nitrogens is 1. The molecule has 0 saturated heterocycles. The molecule has 0 unspecified atom stereocenters. The molecule has 0 aliphatic carbocycles. The number of unbranched alkanes of at least 4 members (excludes halogenated alkanes) is 3. The lowest BCUT2D eigenvalue weighted by Gasteiger charge is -2.13. The first-order valence-corrected chi connectivity index (χ1v) is 10.1. The lowest BCUT2D eigenvalue weighted by Crippen LogP contribution is -2.37. The summed E-state index contributed by atoms with van der Waals surface area (Å²) in [6.07, 6.45) is 9.45. The molecule has 3 aromatic carbocycles. The number of anilines is 2. The molecule has 144 valence electrons. The van der Waals surface area contributed by atoms with Crippen LogP contribution in [-0.2, 0) is 6.54 Å². The summed E-state index contributed by atoms with van der Waals surface area (Å²) in [5.41, 5.74) is 17.4. The second kappa shape index (κ2) is 8.24. The number of nitrogen functional groups attached to an aromatic ring is 2. The molecule has 4 rings (SSSR count). The van der Waals surface area contributed by atoms with Gasteiger partial charge in [0.05, 0.1) is 10.8 Å². The molecular weight excluding hydrogens is 354 g/mol. The molecule has 1 heterocycles. The number of aryl methyl sites for hydroxylation is 1. The van der Waals surface area contributed by atoms with Crippen LogP contribution in [0.4, 0.5) is 11.4 Å². The van der Waals surface area contributed by atoms with Crippen molar-refractivity contribution in [2.45, 2.75) is 32.2 Å². The van der Waals surface area contributed by atoms with E-state index in [9.17, 15) is 0 Å². The summed E-state index contributed by atoms with van der Waals surface area (Å²) in [6.45, 7) is 0.902. The van der Waals surface area contributed by atoms with Crippen molar-refractivity contribution in [1.29, 1.82) is 0 Å². The van der Waals surface area contributed by atoms with Crippen LogP contribution in [0.5, 0.6) is 0 Å². The third-order valence-corrected chi connectivity index (χ3v) is 5.42. The van der Waals surface area contributed by atoms with Crippen LogP contribution in [0.15, 0.2) is 66.7 Å². The van der Waals surface area contributed by atoms with Crippen molar-refractivity contribution in [2.75, 3.05) is 11.5 Å². The predicted molar refractivity (Wildman–Crippen MR) is 123 cm³/mol. The molecule has 0 aliphatic rings. The highest BCUT2D eigenvalue weighted by Gasteiger charge is 2.23. The minimum Gasteiger partial charge on any atom is -0.399 e. The number of rotatable bonds is 6. The highest BCUT2D eigenvalue weighted by molar-refractivity contribution is 6.10. The Hall–Kier alpha value is -3.51. The van der Waals surface area contributed by atoms with Gasteiger partial charge in [0.15, 0.2) is 0 Å². The smallest absolute Gasteiger partial charge is 0.220 e. The second-order valence-electron chi connectivity index (χ2n) is 7.46. The number of hydrogen-bond acceptors (Lipinski definition) is 2. The first-order valence-electron chi connectivity index (χ1n) is 10.1. The lowest BCUT2D eigenvalue weighted by atomic mass is 9.98. The monoisotopic (exact) mass is 380 g/mol. The molecule has 29 heavy (non-hydrogen) atoms. The van der Waals surface area contributed by atoms with Gasteiger partial charge < -0.3 is 11.5 Å². The third-order valence-electron chi connectivity index (χ3n) is 5.42. The van der Waals surface area contributed by atoms with E-state index in [0.29, 0.717) is 0 Å². The molecule has 3 heteroatoms. The Kier molecular flexibility index (Phi) is 5.35. The van der Waals surface area contributed by atoms with E-state index >= 15 is 0 Å². The lowest BCUT2D eigenvalue weighted by molar-refractivity contribution is -0.659. The van der Waals surface area contributed by atoms with Crippen molar-refractivity contribution >= 4 is 33.1 Å². The van der Waals surface area contributed by atoms with Crippen molar-refractivity contribution in [3.63, 3.8) is 0 Å². The van der Waals surface area contributed by atoms with Crippen LogP contribution >= 0.6 is 0 Å². The normalized spacial score (nSPS) is 11.0. The van der Waals surface area contributed by atoms with E-state index in [2.05, 4.69) is 59.0 Å². The van der Waals surface area contributed by atoms with E-state index in [1.54, 1.807) is 0 Å². The van der Waals surface area contributed by atoms with Gasteiger partial charge in [-0.2, -0.15) is 4.57 Å². The molecular formula is C26H26N3+. The maximum atomic E-state index is 6.20. The summed E-state index contributed by atoms with van der Waals surface area (Å²) in [4.78, 5) is 0. The Balaban J connectivity index is 1.99. The number of pyridine rings is 1. The third kappa shape index (κ3) is 3.75. The van der Waals surface area contributed by atoms with Crippen molar-refractivity contribution in [3.05, 3.63) is 66.7 Å². The Morgan fingerprint density at radius 3 is 2.24 bits per heavy atom. The quantitative estimate of drug-likeness (QED) is 0.157. The zero-order chi connectivity index (χ0) is 20.2. The molecule has 0 bridgehead atoms. The molecule has 0 saturated carbocycles. The van der Waals surface area contributed by atoms with E-state index in [1.807, 2.05) is 18.2 Å². The molecule has 0 atom stereocenters. The van der Waals surface area contributed by atoms with Crippen molar-refractivity contribution in [3.8, 4) is 23.6 Å². The number of terminal acetylenes is 1. The molecule has 0 fully saturated rings. The maximum absolute atomic E-state index is 6.20. The molecule has 1 aromatic heterocycles. The molecule has 0 radical (unpaired) electrons. The van der Waals surface area contributed by atoms with E-state index in [1.165, 1.54) is 22.0 Å². The fourth-order valence-electron chi connectivity index (χ4n) is 4.07. The number of benzene rings is 3. The zero-order valence-electron chi connectivity index (χ0n) is 16.6. The van der Waals surface area contributed by atoms with Crippen molar-refractivity contribution in [1.82, 2.24) is 0 Å². The Bertz CT molecular complexity index is 1200. The summed E-state index contributed by atoms with van der Waals surface area (Å²) in [7, 11) is 0. The van der Waals surface area contributed by atoms with Gasteiger partial charge in [0.1, 0.15) is 6.54 Å². The van der Waals surface area contributed by atoms with Crippen LogP contribution in [0.3, 0.4) is 0 Å². The van der Waals surface area contributed by atoms with Gasteiger partial charge in [-0.15, -0.1) is 12.3 Å². The number of hydrogen-bond donors (Lipinski definition) is 2. The molecule has 0 spiro atoms. The summed E-state index contributed by atoms with van der Waals surface area (Å²) in [6, 6.07) is 22.9. The van der Waals surface area contributed by atoms with Crippen LogP contribution < -0.4 is 16.0 Å². The summed E-state index contributed by atoms with van der Waals surface area (Å²) < 4.78 is 2.40. The average molecular weight is 381 g/mol. The summed E-state index contributed by atoms with van der Waals surface area (Å²) in [5.74, 6) is 2.73. The van der Waals surface area contributed by atoms with E-state index in [4.69, 9.17) is 17.9 Å². The van der Waals surface area contributed by atoms with Gasteiger partial charge >= 0.3 is 0 Å². The fraction of sp³-hybridized carbons (Fsp3) is 0.192. The first kappa shape index (κ1) is 18.8. The minimum atomic E-state index is 0.769. The van der Waals surface area contributed by atoms with Gasteiger partial charge in [-0.3, -0.25) is 0 Å². The van der Waals surface area contributed by atoms with E-state index in [-0.39, 0.29) is 0 Å². The molecule has 4 N–H and O–H groups in total. The van der Waals surface area contributed by atoms with Crippen LogP contribution in [0.25, 0.3) is 32.9 Å². The minimum absolute atomic E-state index is 0.769.